The van der Waals surface area contributed by atoms with Gasteiger partial charge in [0.05, 0.1) is 6.61 Å². The highest BCUT2D eigenvalue weighted by molar-refractivity contribution is 5.99. The van der Waals surface area contributed by atoms with E-state index in [-0.39, 0.29) is 31.0 Å². The Morgan fingerprint density at radius 2 is 1.70 bits per heavy atom. The van der Waals surface area contributed by atoms with E-state index in [1.165, 1.54) is 7.11 Å². The van der Waals surface area contributed by atoms with E-state index in [0.717, 1.165) is 16.8 Å². The number of carbonyl (C=O) groups excluding carboxylic acids is 2. The van der Waals surface area contributed by atoms with Crippen molar-refractivity contribution in [3.05, 3.63) is 59.7 Å². The van der Waals surface area contributed by atoms with Gasteiger partial charge in [0, 0.05) is 25.0 Å². The standard InChI is InChI=1S/C19H24N4O3.ClH/c1-13-5-3-7-15(9-13)22-19(25)23-16-8-4-6-14(10-16)11-21-18(24)17(20)12-26-2;/h3-10,17H,11-12,20H2,1-2H3,(H,21,24)(H2,22,23,25);1H. The van der Waals surface area contributed by atoms with Gasteiger partial charge in [-0.1, -0.05) is 24.3 Å². The summed E-state index contributed by atoms with van der Waals surface area (Å²) >= 11 is 0. The topological polar surface area (TPSA) is 105 Å². The Morgan fingerprint density at radius 3 is 2.33 bits per heavy atom. The zero-order valence-corrected chi connectivity index (χ0v) is 16.1. The van der Waals surface area contributed by atoms with Crippen LogP contribution in [0.25, 0.3) is 0 Å². The smallest absolute Gasteiger partial charge is 0.323 e. The number of aryl methyl sites for hydroxylation is 1. The summed E-state index contributed by atoms with van der Waals surface area (Å²) in [5.74, 6) is -0.289. The molecule has 1 atom stereocenters. The summed E-state index contributed by atoms with van der Waals surface area (Å²) < 4.78 is 4.86. The molecule has 2 rings (SSSR count). The van der Waals surface area contributed by atoms with E-state index >= 15 is 0 Å². The first-order valence-electron chi connectivity index (χ1n) is 8.24. The number of anilines is 2. The van der Waals surface area contributed by atoms with E-state index in [2.05, 4.69) is 16.0 Å². The number of carbonyl (C=O) groups is 2. The van der Waals surface area contributed by atoms with Crippen molar-refractivity contribution in [3.63, 3.8) is 0 Å². The van der Waals surface area contributed by atoms with Crippen LogP contribution in [0.3, 0.4) is 0 Å². The van der Waals surface area contributed by atoms with Crippen LogP contribution in [0.5, 0.6) is 0 Å². The summed E-state index contributed by atoms with van der Waals surface area (Å²) in [5, 5.41) is 8.29. The Labute approximate surface area is 165 Å². The molecule has 0 spiro atoms. The maximum atomic E-state index is 12.1. The Bertz CT molecular complexity index is 770. The third kappa shape index (κ3) is 7.65. The minimum absolute atomic E-state index is 0. The zero-order chi connectivity index (χ0) is 18.9. The van der Waals surface area contributed by atoms with Gasteiger partial charge in [0.2, 0.25) is 5.91 Å². The van der Waals surface area contributed by atoms with Crippen molar-refractivity contribution >= 4 is 35.7 Å². The Kier molecular flexibility index (Phi) is 9.29. The Balaban J connectivity index is 0.00000364. The largest absolute Gasteiger partial charge is 0.383 e. The van der Waals surface area contributed by atoms with Gasteiger partial charge >= 0.3 is 6.03 Å². The van der Waals surface area contributed by atoms with Crippen LogP contribution in [0, 0.1) is 6.92 Å². The minimum atomic E-state index is -0.707. The highest BCUT2D eigenvalue weighted by atomic mass is 35.5. The molecule has 0 aliphatic heterocycles. The first-order chi connectivity index (χ1) is 12.5. The molecule has 0 aliphatic rings. The first-order valence-corrected chi connectivity index (χ1v) is 8.24. The number of methoxy groups -OCH3 is 1. The molecule has 27 heavy (non-hydrogen) atoms. The van der Waals surface area contributed by atoms with Gasteiger partial charge in [0.1, 0.15) is 6.04 Å². The zero-order valence-electron chi connectivity index (χ0n) is 15.3. The van der Waals surface area contributed by atoms with Crippen LogP contribution in [0.4, 0.5) is 16.2 Å². The molecule has 0 heterocycles. The van der Waals surface area contributed by atoms with Gasteiger partial charge in [-0.3, -0.25) is 4.79 Å². The molecular formula is C19H25ClN4O3. The normalized spacial score (nSPS) is 11.1. The average molecular weight is 393 g/mol. The first kappa shape index (κ1) is 22.4. The van der Waals surface area contributed by atoms with E-state index in [1.807, 2.05) is 37.3 Å². The average Bonchev–Trinajstić information content (AvgIpc) is 2.60. The predicted octanol–water partition coefficient (Wildman–Crippen LogP) is 2.65. The number of amides is 3. The fourth-order valence-corrected chi connectivity index (χ4v) is 2.35. The molecule has 0 saturated heterocycles. The highest BCUT2D eigenvalue weighted by Gasteiger charge is 2.12. The van der Waals surface area contributed by atoms with Gasteiger partial charge in [-0.25, -0.2) is 4.79 Å². The van der Waals surface area contributed by atoms with Crippen LogP contribution < -0.4 is 21.7 Å². The van der Waals surface area contributed by atoms with Crippen molar-refractivity contribution < 1.29 is 14.3 Å². The summed E-state index contributed by atoms with van der Waals surface area (Å²) in [4.78, 5) is 23.9. The van der Waals surface area contributed by atoms with Crippen molar-refractivity contribution in [3.8, 4) is 0 Å². The molecule has 5 N–H and O–H groups in total. The maximum Gasteiger partial charge on any atom is 0.323 e. The van der Waals surface area contributed by atoms with E-state index in [0.29, 0.717) is 12.2 Å². The number of rotatable bonds is 7. The maximum absolute atomic E-state index is 12.1. The van der Waals surface area contributed by atoms with Gasteiger partial charge in [-0.15, -0.1) is 12.4 Å². The molecular weight excluding hydrogens is 368 g/mol. The van der Waals surface area contributed by atoms with Crippen molar-refractivity contribution in [2.75, 3.05) is 24.4 Å². The van der Waals surface area contributed by atoms with Crippen LogP contribution >= 0.6 is 12.4 Å². The lowest BCUT2D eigenvalue weighted by molar-refractivity contribution is -0.123. The third-order valence-corrected chi connectivity index (χ3v) is 3.61. The third-order valence-electron chi connectivity index (χ3n) is 3.61. The second-order valence-electron chi connectivity index (χ2n) is 5.93. The lowest BCUT2D eigenvalue weighted by Gasteiger charge is -2.12. The summed E-state index contributed by atoms with van der Waals surface area (Å²) in [5.41, 5.74) is 8.92. The van der Waals surface area contributed by atoms with Gasteiger partial charge in [-0.05, 0) is 42.3 Å². The number of hydrogen-bond acceptors (Lipinski definition) is 4. The predicted molar refractivity (Wildman–Crippen MR) is 109 cm³/mol. The van der Waals surface area contributed by atoms with E-state index in [4.69, 9.17) is 10.5 Å². The fourth-order valence-electron chi connectivity index (χ4n) is 2.35. The van der Waals surface area contributed by atoms with Crippen molar-refractivity contribution in [2.24, 2.45) is 5.73 Å². The van der Waals surface area contributed by atoms with Gasteiger partial charge < -0.3 is 26.4 Å². The molecule has 146 valence electrons. The number of urea groups is 1. The van der Waals surface area contributed by atoms with E-state index < -0.39 is 6.04 Å². The van der Waals surface area contributed by atoms with Crippen LogP contribution in [-0.2, 0) is 16.1 Å². The number of ether oxygens (including phenoxy) is 1. The summed E-state index contributed by atoms with van der Waals surface area (Å²) in [6.45, 7) is 2.43. The van der Waals surface area contributed by atoms with E-state index in [9.17, 15) is 9.59 Å². The SMILES string of the molecule is COCC(N)C(=O)NCc1cccc(NC(=O)Nc2cccc(C)c2)c1.Cl. The summed E-state index contributed by atoms with van der Waals surface area (Å²) in [7, 11) is 1.49. The lowest BCUT2D eigenvalue weighted by atomic mass is 10.2. The lowest BCUT2D eigenvalue weighted by Crippen LogP contribution is -2.43. The van der Waals surface area contributed by atoms with Crippen LogP contribution in [0.2, 0.25) is 0 Å². The molecule has 0 saturated carbocycles. The molecule has 0 aliphatic carbocycles. The number of hydrogen-bond donors (Lipinski definition) is 4. The van der Waals surface area contributed by atoms with Crippen LogP contribution in [-0.4, -0.2) is 31.7 Å². The Morgan fingerprint density at radius 1 is 1.07 bits per heavy atom. The van der Waals surface area contributed by atoms with Crippen LogP contribution in [0.15, 0.2) is 48.5 Å². The molecule has 0 bridgehead atoms. The fraction of sp³-hybridized carbons (Fsp3) is 0.263. The second-order valence-corrected chi connectivity index (χ2v) is 5.93. The molecule has 7 nitrogen and oxygen atoms in total. The van der Waals surface area contributed by atoms with Crippen molar-refractivity contribution in [1.82, 2.24) is 5.32 Å². The molecule has 2 aromatic rings. The molecule has 0 radical (unpaired) electrons. The molecule has 1 unspecified atom stereocenters. The van der Waals surface area contributed by atoms with E-state index in [1.54, 1.807) is 18.2 Å². The molecule has 2 aromatic carbocycles. The molecule has 3 amide bonds. The van der Waals surface area contributed by atoms with Gasteiger partial charge in [-0.2, -0.15) is 0 Å². The van der Waals surface area contributed by atoms with Crippen LogP contribution in [0.1, 0.15) is 11.1 Å². The highest BCUT2D eigenvalue weighted by Crippen LogP contribution is 2.13. The quantitative estimate of drug-likeness (QED) is 0.581. The summed E-state index contributed by atoms with van der Waals surface area (Å²) in [6, 6.07) is 13.7. The number of nitrogens with two attached hydrogens (primary N) is 1. The van der Waals surface area contributed by atoms with Crippen molar-refractivity contribution in [2.45, 2.75) is 19.5 Å². The second kappa shape index (κ2) is 11.2. The minimum Gasteiger partial charge on any atom is -0.383 e. The van der Waals surface area contributed by atoms with Gasteiger partial charge in [0.25, 0.3) is 0 Å². The Hall–Kier alpha value is -2.61. The summed E-state index contributed by atoms with van der Waals surface area (Å²) in [6.07, 6.45) is 0. The number of nitrogens with one attached hydrogen (secondary N) is 3. The monoisotopic (exact) mass is 392 g/mol. The van der Waals surface area contributed by atoms with Crippen molar-refractivity contribution in [1.29, 1.82) is 0 Å². The number of halogens is 1. The molecule has 0 fully saturated rings. The molecule has 8 heteroatoms. The number of benzene rings is 2. The molecule has 0 aromatic heterocycles. The van der Waals surface area contributed by atoms with Gasteiger partial charge in [0.15, 0.2) is 0 Å².